The van der Waals surface area contributed by atoms with E-state index in [2.05, 4.69) is 6.58 Å². The summed E-state index contributed by atoms with van der Waals surface area (Å²) in [5, 5.41) is -0.444. The van der Waals surface area contributed by atoms with Crippen LogP contribution >= 0.6 is 11.6 Å². The van der Waals surface area contributed by atoms with Gasteiger partial charge in [-0.25, -0.2) is 4.79 Å². The van der Waals surface area contributed by atoms with Crippen molar-refractivity contribution in [1.82, 2.24) is 0 Å². The summed E-state index contributed by atoms with van der Waals surface area (Å²) >= 11 is 6.40. The van der Waals surface area contributed by atoms with Crippen LogP contribution < -0.4 is 4.74 Å². The lowest BCUT2D eigenvalue weighted by Crippen LogP contribution is -2.14. The fourth-order valence-corrected chi connectivity index (χ4v) is 3.00. The van der Waals surface area contributed by atoms with Crippen LogP contribution in [0.1, 0.15) is 29.3 Å². The topological polar surface area (TPSA) is 43.4 Å². The summed E-state index contributed by atoms with van der Waals surface area (Å²) in [5.41, 5.74) is 1.94. The summed E-state index contributed by atoms with van der Waals surface area (Å²) in [6, 6.07) is 15.8. The number of ketones is 1. The summed E-state index contributed by atoms with van der Waals surface area (Å²) in [4.78, 5) is 24.9. The Morgan fingerprint density at radius 2 is 1.79 bits per heavy atom. The third-order valence-electron chi connectivity index (χ3n) is 4.01. The molecule has 0 aromatic heterocycles. The number of hydrogen-bond acceptors (Lipinski definition) is 3. The van der Waals surface area contributed by atoms with Gasteiger partial charge in [0, 0.05) is 18.4 Å². The summed E-state index contributed by atoms with van der Waals surface area (Å²) in [6.45, 7) is 5.56. The predicted molar refractivity (Wildman–Crippen MR) is 114 cm³/mol. The molecule has 0 radical (unpaired) electrons. The first-order valence-corrected chi connectivity index (χ1v) is 9.45. The van der Waals surface area contributed by atoms with E-state index in [0.717, 1.165) is 5.57 Å². The first-order valence-electron chi connectivity index (χ1n) is 9.01. The van der Waals surface area contributed by atoms with Gasteiger partial charge in [0.15, 0.2) is 0 Å². The molecule has 0 saturated heterocycles. The molecule has 0 spiro atoms. The first-order chi connectivity index (χ1) is 13.5. The molecule has 4 heteroatoms. The predicted octanol–water partition coefficient (Wildman–Crippen LogP) is 5.70. The van der Waals surface area contributed by atoms with Crippen LogP contribution in [0.5, 0.6) is 5.75 Å². The highest BCUT2D eigenvalue weighted by Gasteiger charge is 2.17. The van der Waals surface area contributed by atoms with Gasteiger partial charge in [-0.1, -0.05) is 67.3 Å². The molecule has 0 aliphatic carbocycles. The van der Waals surface area contributed by atoms with Crippen LogP contribution in [0.2, 0.25) is 0 Å². The lowest BCUT2D eigenvalue weighted by molar-refractivity contribution is -0.118. The summed E-state index contributed by atoms with van der Waals surface area (Å²) in [6.07, 6.45) is 7.48. The van der Waals surface area contributed by atoms with Gasteiger partial charge in [-0.3, -0.25) is 4.79 Å². The fraction of sp³-hybridized carbons (Fsp3) is 0.167. The molecule has 0 heterocycles. The minimum absolute atomic E-state index is 0.0392. The minimum atomic E-state index is -0.458. The fourth-order valence-electron chi connectivity index (χ4n) is 2.68. The molecule has 28 heavy (non-hydrogen) atoms. The standard InChI is InChI=1S/C24H23ClO3/c1-3-10-18(11-4-2)22(25)17-21(26)16-20-14-8-9-15-23(20)28-24(27)19-12-6-5-7-13-19/h3-15,22H,1,16-17H2,2H3/b11-4-,18-10+. The first kappa shape index (κ1) is 21.4. The highest BCUT2D eigenvalue weighted by molar-refractivity contribution is 6.23. The Labute approximate surface area is 171 Å². The molecule has 0 fully saturated rings. The Kier molecular flexibility index (Phi) is 8.44. The molecule has 2 aromatic carbocycles. The van der Waals surface area contributed by atoms with Gasteiger partial charge in [-0.15, -0.1) is 11.6 Å². The molecule has 2 rings (SSSR count). The van der Waals surface area contributed by atoms with E-state index < -0.39 is 11.3 Å². The van der Waals surface area contributed by atoms with Crippen molar-refractivity contribution in [2.75, 3.05) is 0 Å². The molecule has 2 aromatic rings. The van der Waals surface area contributed by atoms with Gasteiger partial charge in [-0.05, 0) is 30.7 Å². The molecule has 1 unspecified atom stereocenters. The van der Waals surface area contributed by atoms with E-state index in [9.17, 15) is 9.59 Å². The molecule has 0 aliphatic heterocycles. The number of hydrogen-bond donors (Lipinski definition) is 0. The van der Waals surface area contributed by atoms with E-state index in [1.54, 1.807) is 54.6 Å². The monoisotopic (exact) mass is 394 g/mol. The normalized spacial score (nSPS) is 12.6. The Hall–Kier alpha value is -2.91. The van der Waals surface area contributed by atoms with Crippen molar-refractivity contribution in [3.63, 3.8) is 0 Å². The second kappa shape index (κ2) is 11.1. The average Bonchev–Trinajstić information content (AvgIpc) is 2.69. The zero-order valence-electron chi connectivity index (χ0n) is 15.8. The van der Waals surface area contributed by atoms with E-state index in [1.165, 1.54) is 0 Å². The number of esters is 1. The smallest absolute Gasteiger partial charge is 0.343 e. The van der Waals surface area contributed by atoms with Gasteiger partial charge in [-0.2, -0.15) is 0 Å². The summed E-state index contributed by atoms with van der Waals surface area (Å²) in [7, 11) is 0. The van der Waals surface area contributed by atoms with Crippen LogP contribution in [-0.4, -0.2) is 17.1 Å². The quantitative estimate of drug-likeness (QED) is 0.237. The molecular formula is C24H23ClO3. The van der Waals surface area contributed by atoms with Gasteiger partial charge < -0.3 is 4.74 Å². The van der Waals surface area contributed by atoms with Gasteiger partial charge in [0.25, 0.3) is 0 Å². The maximum atomic E-state index is 12.5. The zero-order valence-corrected chi connectivity index (χ0v) is 16.6. The van der Waals surface area contributed by atoms with Crippen LogP contribution in [0.4, 0.5) is 0 Å². The number of carbonyl (C=O) groups excluding carboxylic acids is 2. The molecule has 0 aliphatic rings. The van der Waals surface area contributed by atoms with Crippen molar-refractivity contribution in [2.45, 2.75) is 25.1 Å². The number of alkyl halides is 1. The van der Waals surface area contributed by atoms with Crippen LogP contribution in [0.25, 0.3) is 0 Å². The lowest BCUT2D eigenvalue weighted by atomic mass is 10.0. The van der Waals surface area contributed by atoms with Gasteiger partial charge in [0.1, 0.15) is 11.5 Å². The summed E-state index contributed by atoms with van der Waals surface area (Å²) in [5.74, 6) is -0.117. The molecule has 3 nitrogen and oxygen atoms in total. The van der Waals surface area contributed by atoms with Crippen molar-refractivity contribution in [3.8, 4) is 5.75 Å². The summed E-state index contributed by atoms with van der Waals surface area (Å²) < 4.78 is 5.50. The Balaban J connectivity index is 2.08. The van der Waals surface area contributed by atoms with Crippen LogP contribution in [0.3, 0.4) is 0 Å². The number of benzene rings is 2. The maximum absolute atomic E-state index is 12.5. The number of para-hydroxylation sites is 1. The molecule has 0 bridgehead atoms. The number of ether oxygens (including phenoxy) is 1. The SMILES string of the molecule is C=C/C=C(\C=C/C)C(Cl)CC(=O)Cc1ccccc1OC(=O)c1ccccc1. The Morgan fingerprint density at radius 3 is 2.46 bits per heavy atom. The molecule has 1 atom stereocenters. The van der Waals surface area contributed by atoms with E-state index in [-0.39, 0.29) is 18.6 Å². The maximum Gasteiger partial charge on any atom is 0.343 e. The van der Waals surface area contributed by atoms with E-state index in [1.807, 2.05) is 31.2 Å². The zero-order chi connectivity index (χ0) is 20.4. The van der Waals surface area contributed by atoms with E-state index in [4.69, 9.17) is 16.3 Å². The van der Waals surface area contributed by atoms with Crippen LogP contribution in [0, 0.1) is 0 Å². The van der Waals surface area contributed by atoms with E-state index in [0.29, 0.717) is 16.9 Å². The number of rotatable bonds is 9. The van der Waals surface area contributed by atoms with Gasteiger partial charge in [0.2, 0.25) is 0 Å². The highest BCUT2D eigenvalue weighted by atomic mass is 35.5. The molecule has 144 valence electrons. The van der Waals surface area contributed by atoms with Crippen molar-refractivity contribution in [2.24, 2.45) is 0 Å². The van der Waals surface area contributed by atoms with Crippen LogP contribution in [-0.2, 0) is 11.2 Å². The third kappa shape index (κ3) is 6.36. The van der Waals surface area contributed by atoms with E-state index >= 15 is 0 Å². The Bertz CT molecular complexity index is 882. The lowest BCUT2D eigenvalue weighted by Gasteiger charge is -2.12. The van der Waals surface area contributed by atoms with Crippen molar-refractivity contribution in [1.29, 1.82) is 0 Å². The largest absolute Gasteiger partial charge is 0.423 e. The average molecular weight is 395 g/mol. The number of Topliss-reactive ketones (excluding diaryl/α,β-unsaturated/α-hetero) is 1. The van der Waals surface area contributed by atoms with Crippen molar-refractivity contribution < 1.29 is 14.3 Å². The second-order valence-corrected chi connectivity index (χ2v) is 6.68. The number of halogens is 1. The minimum Gasteiger partial charge on any atom is -0.423 e. The highest BCUT2D eigenvalue weighted by Crippen LogP contribution is 2.23. The van der Waals surface area contributed by atoms with Crippen molar-refractivity contribution >= 4 is 23.4 Å². The third-order valence-corrected chi connectivity index (χ3v) is 4.42. The molecule has 0 amide bonds. The van der Waals surface area contributed by atoms with Crippen LogP contribution in [0.15, 0.2) is 91.1 Å². The van der Waals surface area contributed by atoms with Gasteiger partial charge in [0.05, 0.1) is 10.9 Å². The Morgan fingerprint density at radius 1 is 1.11 bits per heavy atom. The van der Waals surface area contributed by atoms with Crippen molar-refractivity contribution in [3.05, 3.63) is 102 Å². The molecule has 0 N–H and O–H groups in total. The van der Waals surface area contributed by atoms with Gasteiger partial charge >= 0.3 is 5.97 Å². The molecular weight excluding hydrogens is 372 g/mol. The second-order valence-electron chi connectivity index (χ2n) is 6.15. The molecule has 0 saturated carbocycles. The number of allylic oxidation sites excluding steroid dienone is 5. The number of carbonyl (C=O) groups is 2.